The zero-order valence-corrected chi connectivity index (χ0v) is 11.1. The molecule has 0 aliphatic carbocycles. The fourth-order valence-electron chi connectivity index (χ4n) is 2.12. The van der Waals surface area contributed by atoms with Crippen LogP contribution < -0.4 is 5.56 Å². The first kappa shape index (κ1) is 12.3. The number of nitrogens with one attached hydrogen (secondary N) is 1. The van der Waals surface area contributed by atoms with Crippen LogP contribution in [0.1, 0.15) is 0 Å². The summed E-state index contributed by atoms with van der Waals surface area (Å²) >= 11 is 0. The van der Waals surface area contributed by atoms with Crippen molar-refractivity contribution in [3.63, 3.8) is 0 Å². The van der Waals surface area contributed by atoms with Crippen molar-refractivity contribution in [1.29, 1.82) is 0 Å². The highest BCUT2D eigenvalue weighted by molar-refractivity contribution is 5.68. The molecule has 9 heteroatoms. The second kappa shape index (κ2) is 4.81. The van der Waals surface area contributed by atoms with E-state index in [1.54, 1.807) is 18.2 Å². The van der Waals surface area contributed by atoms with Gasteiger partial charge in [0.2, 0.25) is 0 Å². The number of hydrogen-bond donors (Lipinski definition) is 1. The van der Waals surface area contributed by atoms with Gasteiger partial charge in [-0.15, -0.1) is 5.10 Å². The van der Waals surface area contributed by atoms with Crippen LogP contribution in [0.3, 0.4) is 0 Å². The molecule has 0 radical (unpaired) electrons. The number of hydrogen-bond acceptors (Lipinski definition) is 7. The van der Waals surface area contributed by atoms with E-state index in [0.717, 1.165) is 5.56 Å². The van der Waals surface area contributed by atoms with E-state index in [0.29, 0.717) is 17.2 Å². The van der Waals surface area contributed by atoms with Crippen LogP contribution >= 0.6 is 0 Å². The van der Waals surface area contributed by atoms with Gasteiger partial charge in [-0.3, -0.25) is 9.36 Å². The van der Waals surface area contributed by atoms with Gasteiger partial charge in [0, 0.05) is 18.0 Å². The highest BCUT2D eigenvalue weighted by Gasteiger charge is 2.09. The van der Waals surface area contributed by atoms with Crippen LogP contribution in [-0.2, 0) is 0 Å². The summed E-state index contributed by atoms with van der Waals surface area (Å²) in [7, 11) is 0. The van der Waals surface area contributed by atoms with E-state index in [-0.39, 0.29) is 11.1 Å². The van der Waals surface area contributed by atoms with Crippen molar-refractivity contribution in [2.75, 3.05) is 0 Å². The van der Waals surface area contributed by atoms with Gasteiger partial charge in [-0.1, -0.05) is 12.1 Å². The lowest BCUT2D eigenvalue weighted by Gasteiger charge is -2.06. The van der Waals surface area contributed by atoms with Crippen molar-refractivity contribution >= 4 is 11.2 Å². The molecule has 1 aromatic carbocycles. The molecular formula is C13H8N8O. The molecular weight excluding hydrogens is 284 g/mol. The molecule has 0 amide bonds. The summed E-state index contributed by atoms with van der Waals surface area (Å²) in [6.07, 6.45) is 4.39. The third-order valence-corrected chi connectivity index (χ3v) is 3.14. The van der Waals surface area contributed by atoms with Crippen molar-refractivity contribution < 1.29 is 0 Å². The van der Waals surface area contributed by atoms with Gasteiger partial charge in [0.15, 0.2) is 17.0 Å². The van der Waals surface area contributed by atoms with Crippen molar-refractivity contribution in [3.05, 3.63) is 53.3 Å². The Kier molecular flexibility index (Phi) is 2.68. The zero-order chi connectivity index (χ0) is 14.9. The molecule has 0 aliphatic heterocycles. The van der Waals surface area contributed by atoms with Crippen LogP contribution in [0.4, 0.5) is 0 Å². The topological polar surface area (TPSA) is 115 Å². The Hall–Kier alpha value is -3.49. The molecule has 9 nitrogen and oxygen atoms in total. The first-order chi connectivity index (χ1) is 10.8. The van der Waals surface area contributed by atoms with Crippen molar-refractivity contribution in [1.82, 2.24) is 40.1 Å². The third kappa shape index (κ3) is 1.92. The Morgan fingerprint density at radius 2 is 2.00 bits per heavy atom. The number of nitrogens with zero attached hydrogens (tertiary/aromatic N) is 7. The van der Waals surface area contributed by atoms with E-state index in [2.05, 4.69) is 35.6 Å². The zero-order valence-electron chi connectivity index (χ0n) is 11.1. The van der Waals surface area contributed by atoms with Crippen LogP contribution in [0.2, 0.25) is 0 Å². The third-order valence-electron chi connectivity index (χ3n) is 3.14. The predicted molar refractivity (Wildman–Crippen MR) is 76.1 cm³/mol. The van der Waals surface area contributed by atoms with Crippen molar-refractivity contribution in [2.45, 2.75) is 0 Å². The van der Waals surface area contributed by atoms with E-state index >= 15 is 0 Å². The van der Waals surface area contributed by atoms with Gasteiger partial charge < -0.3 is 0 Å². The lowest BCUT2D eigenvalue weighted by molar-refractivity contribution is 0.881. The largest absolute Gasteiger partial charge is 0.286 e. The van der Waals surface area contributed by atoms with Gasteiger partial charge in [-0.2, -0.15) is 0 Å². The molecule has 22 heavy (non-hydrogen) atoms. The Morgan fingerprint density at radius 3 is 2.86 bits per heavy atom. The fraction of sp³-hybridized carbons (Fsp3) is 0. The molecule has 4 aromatic rings. The maximum Gasteiger partial charge on any atom is 0.286 e. The lowest BCUT2D eigenvalue weighted by Crippen LogP contribution is -2.20. The first-order valence-corrected chi connectivity index (χ1v) is 6.36. The summed E-state index contributed by atoms with van der Waals surface area (Å²) in [5, 5.41) is 13.6. The molecule has 4 rings (SSSR count). The Labute approximate surface area is 122 Å². The van der Waals surface area contributed by atoms with Crippen molar-refractivity contribution in [3.8, 4) is 17.1 Å². The van der Waals surface area contributed by atoms with Crippen LogP contribution in [0.25, 0.3) is 28.2 Å². The number of aromatic amines is 1. The van der Waals surface area contributed by atoms with Gasteiger partial charge in [-0.25, -0.2) is 20.1 Å². The molecule has 0 atom stereocenters. The molecule has 1 N–H and O–H groups in total. The lowest BCUT2D eigenvalue weighted by atomic mass is 10.2. The smallest absolute Gasteiger partial charge is 0.266 e. The molecule has 0 fully saturated rings. The number of aromatic nitrogens is 8. The second-order valence-corrected chi connectivity index (χ2v) is 4.45. The monoisotopic (exact) mass is 292 g/mol. The van der Waals surface area contributed by atoms with Crippen LogP contribution in [0.15, 0.2) is 47.8 Å². The summed E-state index contributed by atoms with van der Waals surface area (Å²) in [5.74, 6) is 0.517. The number of H-pyrrole nitrogens is 1. The van der Waals surface area contributed by atoms with Crippen LogP contribution in [0.5, 0.6) is 0 Å². The maximum absolute atomic E-state index is 12.5. The second-order valence-electron chi connectivity index (χ2n) is 4.45. The summed E-state index contributed by atoms with van der Waals surface area (Å²) in [6, 6.07) is 7.22. The Balaban J connectivity index is 1.91. The molecule has 3 aromatic heterocycles. The number of fused-ring (bicyclic) bond motifs is 1. The predicted octanol–water partition coefficient (Wildman–Crippen LogP) is 0.356. The summed E-state index contributed by atoms with van der Waals surface area (Å²) in [6.45, 7) is 0. The van der Waals surface area contributed by atoms with Gasteiger partial charge >= 0.3 is 0 Å². The van der Waals surface area contributed by atoms with E-state index in [1.165, 1.54) is 23.3 Å². The molecule has 106 valence electrons. The Morgan fingerprint density at radius 1 is 1.09 bits per heavy atom. The SMILES string of the molecule is O=c1c2nccnc2ncn1-c1cccc(-c2nnn[nH]2)c1. The normalized spacial score (nSPS) is 10.9. The highest BCUT2D eigenvalue weighted by atomic mass is 16.1. The van der Waals surface area contributed by atoms with Crippen molar-refractivity contribution in [2.24, 2.45) is 0 Å². The number of rotatable bonds is 2. The number of benzene rings is 1. The molecule has 0 saturated heterocycles. The molecule has 3 heterocycles. The minimum Gasteiger partial charge on any atom is -0.266 e. The molecule has 0 bridgehead atoms. The first-order valence-electron chi connectivity index (χ1n) is 6.36. The van der Waals surface area contributed by atoms with E-state index in [9.17, 15) is 4.79 Å². The van der Waals surface area contributed by atoms with Crippen LogP contribution in [-0.4, -0.2) is 40.1 Å². The summed E-state index contributed by atoms with van der Waals surface area (Å²) in [4.78, 5) is 24.7. The maximum atomic E-state index is 12.5. The van der Waals surface area contributed by atoms with Gasteiger partial charge in [0.25, 0.3) is 5.56 Å². The molecule has 0 aliphatic rings. The van der Waals surface area contributed by atoms with Crippen LogP contribution in [0, 0.1) is 0 Å². The van der Waals surface area contributed by atoms with Gasteiger partial charge in [0.1, 0.15) is 6.33 Å². The quantitative estimate of drug-likeness (QED) is 0.567. The standard InChI is InChI=1S/C13H8N8O/c22-13-10-12(15-5-4-14-10)16-7-21(13)9-3-1-2-8(6-9)11-17-19-20-18-11/h1-7H,(H,17,18,19,20). The molecule has 0 spiro atoms. The van der Waals surface area contributed by atoms with E-state index in [4.69, 9.17) is 0 Å². The van der Waals surface area contributed by atoms with E-state index in [1.807, 2.05) is 6.07 Å². The molecule has 0 unspecified atom stereocenters. The minimum absolute atomic E-state index is 0.219. The summed E-state index contributed by atoms with van der Waals surface area (Å²) in [5.41, 5.74) is 1.65. The van der Waals surface area contributed by atoms with E-state index < -0.39 is 0 Å². The summed E-state index contributed by atoms with van der Waals surface area (Å²) < 4.78 is 1.41. The van der Waals surface area contributed by atoms with Gasteiger partial charge in [-0.05, 0) is 22.6 Å². The Bertz CT molecular complexity index is 1010. The average Bonchev–Trinajstić information content (AvgIpc) is 3.10. The fourth-order valence-corrected chi connectivity index (χ4v) is 2.12. The molecule has 0 saturated carbocycles. The highest BCUT2D eigenvalue weighted by Crippen LogP contribution is 2.17. The minimum atomic E-state index is -0.286. The number of tetrazole rings is 1. The average molecular weight is 292 g/mol. The van der Waals surface area contributed by atoms with Gasteiger partial charge in [0.05, 0.1) is 5.69 Å².